The van der Waals surface area contributed by atoms with Crippen molar-refractivity contribution in [1.82, 2.24) is 0 Å². The second-order valence-electron chi connectivity index (χ2n) is 7.59. The molecule has 0 aliphatic heterocycles. The molecular formula is C22H32O3. The molecule has 2 atom stereocenters. The molecule has 3 nitrogen and oxygen atoms in total. The highest BCUT2D eigenvalue weighted by Gasteiger charge is 2.38. The predicted molar refractivity (Wildman–Crippen MR) is 101 cm³/mol. The Morgan fingerprint density at radius 1 is 1.24 bits per heavy atom. The summed E-state index contributed by atoms with van der Waals surface area (Å²) < 4.78 is 10.6. The van der Waals surface area contributed by atoms with Gasteiger partial charge in [-0.3, -0.25) is 4.79 Å². The fraction of sp³-hybridized carbons (Fsp3) is 0.591. The van der Waals surface area contributed by atoms with Crippen molar-refractivity contribution in [2.75, 3.05) is 13.7 Å². The van der Waals surface area contributed by atoms with Crippen LogP contribution in [0.2, 0.25) is 0 Å². The fourth-order valence-corrected chi connectivity index (χ4v) is 3.89. The van der Waals surface area contributed by atoms with Crippen LogP contribution in [-0.4, -0.2) is 19.7 Å². The average molecular weight is 344 g/mol. The maximum atomic E-state index is 11.3. The highest BCUT2D eigenvalue weighted by Crippen LogP contribution is 2.47. The molecule has 3 heteroatoms. The molecule has 0 heterocycles. The summed E-state index contributed by atoms with van der Waals surface area (Å²) in [4.78, 5) is 11.3. The van der Waals surface area contributed by atoms with Crippen LogP contribution in [0, 0.1) is 17.3 Å². The summed E-state index contributed by atoms with van der Waals surface area (Å²) in [6.45, 7) is 6.22. The smallest absolute Gasteiger partial charge is 0.309 e. The minimum atomic E-state index is -0.171. The van der Waals surface area contributed by atoms with Crippen molar-refractivity contribution >= 4 is 5.97 Å². The first-order valence-electron chi connectivity index (χ1n) is 9.39. The van der Waals surface area contributed by atoms with Crippen LogP contribution in [-0.2, 0) is 20.9 Å². The lowest BCUT2D eigenvalue weighted by Crippen LogP contribution is -2.36. The number of rotatable bonds is 8. The van der Waals surface area contributed by atoms with E-state index in [1.54, 1.807) is 0 Å². The first-order valence-corrected chi connectivity index (χ1v) is 9.39. The highest BCUT2D eigenvalue weighted by molar-refractivity contribution is 5.70. The van der Waals surface area contributed by atoms with Crippen molar-refractivity contribution in [3.8, 4) is 0 Å². The lowest BCUT2D eigenvalue weighted by Gasteiger charge is -2.44. The lowest BCUT2D eigenvalue weighted by molar-refractivity contribution is -0.139. The van der Waals surface area contributed by atoms with Gasteiger partial charge in [0.15, 0.2) is 0 Å². The van der Waals surface area contributed by atoms with Crippen molar-refractivity contribution in [2.24, 2.45) is 17.3 Å². The molecule has 0 N–H and O–H groups in total. The Morgan fingerprint density at radius 3 is 2.72 bits per heavy atom. The van der Waals surface area contributed by atoms with E-state index in [4.69, 9.17) is 9.47 Å². The largest absolute Gasteiger partial charge is 0.469 e. The Kier molecular flexibility index (Phi) is 7.70. The number of allylic oxidation sites excluding steroid dienone is 1. The summed E-state index contributed by atoms with van der Waals surface area (Å²) in [5.41, 5.74) is 1.47. The zero-order valence-electron chi connectivity index (χ0n) is 15.9. The van der Waals surface area contributed by atoms with Crippen LogP contribution in [0.15, 0.2) is 42.5 Å². The van der Waals surface area contributed by atoms with E-state index in [-0.39, 0.29) is 11.4 Å². The van der Waals surface area contributed by atoms with Gasteiger partial charge in [-0.15, -0.1) is 0 Å². The molecule has 0 amide bonds. The van der Waals surface area contributed by atoms with Crippen LogP contribution in [0.25, 0.3) is 0 Å². The summed E-state index contributed by atoms with van der Waals surface area (Å²) in [6, 6.07) is 10.3. The molecule has 0 radical (unpaired) electrons. The van der Waals surface area contributed by atoms with E-state index < -0.39 is 0 Å². The zero-order valence-corrected chi connectivity index (χ0v) is 15.9. The molecular weight excluding hydrogens is 312 g/mol. The molecule has 1 aliphatic rings. The number of hydrogen-bond acceptors (Lipinski definition) is 3. The van der Waals surface area contributed by atoms with Gasteiger partial charge >= 0.3 is 5.97 Å². The Balaban J connectivity index is 1.80. The third-order valence-corrected chi connectivity index (χ3v) is 5.68. The van der Waals surface area contributed by atoms with Crippen LogP contribution in [0.3, 0.4) is 0 Å². The van der Waals surface area contributed by atoms with Gasteiger partial charge in [-0.25, -0.2) is 0 Å². The normalized spacial score (nSPS) is 22.8. The number of carbonyl (C=O) groups excluding carboxylic acids is 1. The average Bonchev–Trinajstić information content (AvgIpc) is 2.61. The summed E-state index contributed by atoms with van der Waals surface area (Å²) in [7, 11) is 1.44. The molecule has 0 aromatic heterocycles. The molecule has 0 bridgehead atoms. The molecule has 1 aromatic rings. The maximum absolute atomic E-state index is 11.3. The van der Waals surface area contributed by atoms with Crippen molar-refractivity contribution < 1.29 is 14.3 Å². The highest BCUT2D eigenvalue weighted by atomic mass is 16.5. The van der Waals surface area contributed by atoms with Crippen molar-refractivity contribution in [1.29, 1.82) is 0 Å². The van der Waals surface area contributed by atoms with Gasteiger partial charge in [-0.05, 0) is 42.1 Å². The van der Waals surface area contributed by atoms with Gasteiger partial charge in [-0.1, -0.05) is 62.8 Å². The molecule has 1 fully saturated rings. The third kappa shape index (κ3) is 6.00. The number of carbonyl (C=O) groups is 1. The minimum Gasteiger partial charge on any atom is -0.469 e. The van der Waals surface area contributed by atoms with Crippen LogP contribution >= 0.6 is 0 Å². The van der Waals surface area contributed by atoms with Crippen LogP contribution in [0.5, 0.6) is 0 Å². The first-order chi connectivity index (χ1) is 12.0. The monoisotopic (exact) mass is 344 g/mol. The first kappa shape index (κ1) is 19.7. The second kappa shape index (κ2) is 9.76. The van der Waals surface area contributed by atoms with E-state index in [2.05, 4.69) is 32.1 Å². The van der Waals surface area contributed by atoms with Crippen molar-refractivity contribution in [2.45, 2.75) is 52.6 Å². The molecule has 2 rings (SSSR count). The zero-order chi connectivity index (χ0) is 18.1. The fourth-order valence-electron chi connectivity index (χ4n) is 3.89. The number of benzene rings is 1. The SMILES string of the molecule is COC(=O)C/C=C/C1CCCC(CCOCc2ccccc2)C1(C)C. The lowest BCUT2D eigenvalue weighted by atomic mass is 9.61. The number of esters is 1. The topological polar surface area (TPSA) is 35.5 Å². The molecule has 1 saturated carbocycles. The van der Waals surface area contributed by atoms with Gasteiger partial charge in [0.25, 0.3) is 0 Å². The predicted octanol–water partition coefficient (Wildman–Crippen LogP) is 5.16. The van der Waals surface area contributed by atoms with Gasteiger partial charge in [-0.2, -0.15) is 0 Å². The third-order valence-electron chi connectivity index (χ3n) is 5.68. The molecule has 0 saturated heterocycles. The summed E-state index contributed by atoms with van der Waals surface area (Å²) in [5.74, 6) is 1.01. The molecule has 2 unspecified atom stereocenters. The summed E-state index contributed by atoms with van der Waals surface area (Å²) in [6.07, 6.45) is 9.39. The number of ether oxygens (including phenoxy) is 2. The minimum absolute atomic E-state index is 0.171. The summed E-state index contributed by atoms with van der Waals surface area (Å²) >= 11 is 0. The quantitative estimate of drug-likeness (QED) is 0.371. The van der Waals surface area contributed by atoms with E-state index in [9.17, 15) is 4.79 Å². The van der Waals surface area contributed by atoms with Crippen LogP contribution in [0.4, 0.5) is 0 Å². The van der Waals surface area contributed by atoms with Gasteiger partial charge in [0.05, 0.1) is 20.1 Å². The number of methoxy groups -OCH3 is 1. The van der Waals surface area contributed by atoms with Gasteiger partial charge in [0.1, 0.15) is 0 Å². The van der Waals surface area contributed by atoms with Crippen molar-refractivity contribution in [3.05, 3.63) is 48.0 Å². The van der Waals surface area contributed by atoms with Gasteiger partial charge in [0, 0.05) is 6.61 Å². The molecule has 138 valence electrons. The number of hydrogen-bond donors (Lipinski definition) is 0. The Bertz CT molecular complexity index is 548. The maximum Gasteiger partial charge on any atom is 0.309 e. The van der Waals surface area contributed by atoms with E-state index in [0.29, 0.717) is 24.9 Å². The van der Waals surface area contributed by atoms with E-state index >= 15 is 0 Å². The Morgan fingerprint density at radius 2 is 2.00 bits per heavy atom. The molecule has 1 aliphatic carbocycles. The molecule has 0 spiro atoms. The van der Waals surface area contributed by atoms with E-state index in [0.717, 1.165) is 13.0 Å². The standard InChI is InChI=1S/C22H32O3/c1-22(2)19(13-8-14-21(23)24-3)11-7-12-20(22)15-16-25-17-18-9-5-4-6-10-18/h4-6,8-10,13,19-20H,7,11-12,14-17H2,1-3H3/b13-8+. The van der Waals surface area contributed by atoms with E-state index in [1.165, 1.54) is 31.9 Å². The van der Waals surface area contributed by atoms with Gasteiger partial charge in [0.2, 0.25) is 0 Å². The molecule has 1 aromatic carbocycles. The Labute approximate surface area is 152 Å². The molecule has 25 heavy (non-hydrogen) atoms. The Hall–Kier alpha value is -1.61. The van der Waals surface area contributed by atoms with E-state index in [1.807, 2.05) is 24.3 Å². The van der Waals surface area contributed by atoms with Crippen LogP contribution in [0.1, 0.15) is 51.5 Å². The van der Waals surface area contributed by atoms with Gasteiger partial charge < -0.3 is 9.47 Å². The second-order valence-corrected chi connectivity index (χ2v) is 7.59. The van der Waals surface area contributed by atoms with Crippen molar-refractivity contribution in [3.63, 3.8) is 0 Å². The van der Waals surface area contributed by atoms with Crippen LogP contribution < -0.4 is 0 Å². The summed E-state index contributed by atoms with van der Waals surface area (Å²) in [5, 5.41) is 0.